The van der Waals surface area contributed by atoms with Crippen LogP contribution in [0.15, 0.2) is 23.3 Å². The maximum atomic E-state index is 15.2. The molecule has 2 aliphatic heterocycles. The number of aromatic nitrogens is 6. The first-order valence-electron chi connectivity index (χ1n) is 29.1. The van der Waals surface area contributed by atoms with Gasteiger partial charge in [0.1, 0.15) is 94.6 Å². The summed E-state index contributed by atoms with van der Waals surface area (Å²) in [5.74, 6) is -9.02. The molecule has 2 fully saturated rings. The number of aromatic amines is 1. The van der Waals surface area contributed by atoms with Gasteiger partial charge in [-0.3, -0.25) is 39.0 Å². The lowest BCUT2D eigenvalue weighted by Crippen LogP contribution is -2.65. The van der Waals surface area contributed by atoms with Crippen molar-refractivity contribution >= 4 is 81.8 Å². The molecule has 0 aliphatic carbocycles. The molecule has 2 aliphatic rings. The summed E-state index contributed by atoms with van der Waals surface area (Å²) in [6.45, 7) is 2.71. The Kier molecular flexibility index (Phi) is 27.5. The van der Waals surface area contributed by atoms with E-state index in [9.17, 15) is 74.4 Å². The number of H-pyrrole nitrogens is 1. The Morgan fingerprint density at radius 1 is 0.779 bits per heavy atom. The summed E-state index contributed by atoms with van der Waals surface area (Å²) in [7, 11) is 0. The molecule has 4 aromatic heterocycles. The molecule has 95 heavy (non-hydrogen) atoms. The molecule has 524 valence electrons. The van der Waals surface area contributed by atoms with Crippen molar-refractivity contribution in [2.75, 3.05) is 38.6 Å². The Labute approximate surface area is 547 Å². The molecule has 6 rings (SSSR count). The van der Waals surface area contributed by atoms with Gasteiger partial charge in [0.15, 0.2) is 18.7 Å². The smallest absolute Gasteiger partial charge is 0.404 e. The third-order valence-corrected chi connectivity index (χ3v) is 16.7. The molecule has 40 nitrogen and oxygen atoms in total. The fourth-order valence-corrected chi connectivity index (χ4v) is 11.2. The second-order valence-corrected chi connectivity index (χ2v) is 23.9. The molecular formula is C53H79N19O21S2. The molecule has 2 saturated heterocycles. The standard InChI is InChI=1S/C53H79N19O21S2/c1-17-31(69-44(72-42(17)58)22(9-29(57)76)64-10-21(54)43(59)82)48(86)71-33(39(23-11-61-16-65-23)91-52-41(37(80)35(78)26(12-73)90-52)92-51-38(81)40(93-53(60)88)36(79)27(13-74)89-51)49(87)66-19(3)34(77)18(2)45(83)70-32(20(4)75)47(85)63-8-6-30-67-25(15-94-30)50-68-24(14-95-50)46(84)62-7-5-28(55)56/h11,14-16,18-22,26-27,32-41,51-52,64,73-75,77-81H,5-10,12-13,54H2,1-4H3,(H3,55,56)(H2,57,76)(H2,59,82)(H2,60,88)(H,61,65)(H,62,84)(H,63,85)(H,66,87)(H,70,83)(H,71,86)(H2,58,69,72)/t18-,19+,20+,21-,22-,26-,27-,32-,33-,34-,35+,36+,37-,38-,39-,40-,41-,51+,52-/m0/s1. The summed E-state index contributed by atoms with van der Waals surface area (Å²) in [4.78, 5) is 130. The number of primary amides is 3. The average molecular weight is 1380 g/mol. The number of nitrogens with two attached hydrogens (primary N) is 6. The minimum absolute atomic E-state index is 0.0336. The van der Waals surface area contributed by atoms with Crippen LogP contribution < -0.4 is 66.3 Å². The number of ether oxygens (including phenoxy) is 5. The molecule has 0 bridgehead atoms. The summed E-state index contributed by atoms with van der Waals surface area (Å²) < 4.78 is 28.7. The number of amidine groups is 1. The molecule has 0 unspecified atom stereocenters. The van der Waals surface area contributed by atoms with E-state index < -0.39 is 189 Å². The first-order valence-corrected chi connectivity index (χ1v) is 30.9. The van der Waals surface area contributed by atoms with Crippen molar-refractivity contribution in [2.45, 2.75) is 157 Å². The van der Waals surface area contributed by atoms with E-state index in [1.54, 1.807) is 10.8 Å². The van der Waals surface area contributed by atoms with Gasteiger partial charge in [-0.2, -0.15) is 0 Å². The zero-order valence-corrected chi connectivity index (χ0v) is 53.0. The van der Waals surface area contributed by atoms with Crippen LogP contribution in [0.3, 0.4) is 0 Å². The summed E-state index contributed by atoms with van der Waals surface area (Å²) in [5, 5.41) is 115. The molecule has 28 N–H and O–H groups in total. The number of aliphatic hydroxyl groups is 8. The summed E-state index contributed by atoms with van der Waals surface area (Å²) in [5.41, 5.74) is 33.2. The number of hydrogen-bond donors (Lipinski definition) is 22. The zero-order chi connectivity index (χ0) is 70.3. The van der Waals surface area contributed by atoms with Crippen LogP contribution in [-0.2, 0) is 54.1 Å². The molecular weight excluding hydrogens is 1300 g/mol. The Morgan fingerprint density at radius 2 is 1.46 bits per heavy atom. The minimum atomic E-state index is -2.20. The highest BCUT2D eigenvalue weighted by Gasteiger charge is 2.54. The molecule has 0 saturated carbocycles. The lowest BCUT2D eigenvalue weighted by atomic mass is 9.96. The SMILES string of the molecule is Cc1c(N)nc([C@H](CC(N)=O)NC[C@H](N)C(N)=O)nc1C(=O)N[C@H](C(=O)N[C@H](C)[C@@H](O)[C@H](C)C(=O)N[C@H](C(=O)NCCc1nc(-c2nc(C(=O)NCCC(=N)N)cs2)cs1)[C@@H](C)O)[C@@H](O[C@@H]1O[C@@H](CO)[C@@H](O)[C@H](O)[C@@H]1O[C@H]1O[C@@H](CO)[C@@H](O)[C@H](OC(N)=O)[C@@H]1O)c1cnc[nH]1. The quantitative estimate of drug-likeness (QED) is 0.0153. The van der Waals surface area contributed by atoms with E-state index in [-0.39, 0.29) is 66.9 Å². The molecule has 8 amide bonds. The van der Waals surface area contributed by atoms with Gasteiger partial charge >= 0.3 is 6.09 Å². The van der Waals surface area contributed by atoms with Gasteiger partial charge in [0.05, 0.1) is 78.5 Å². The third-order valence-electron chi connectivity index (χ3n) is 14.9. The highest BCUT2D eigenvalue weighted by Crippen LogP contribution is 2.35. The number of anilines is 1. The molecule has 4 aromatic rings. The molecule has 19 atom stereocenters. The van der Waals surface area contributed by atoms with Gasteiger partial charge in [-0.25, -0.2) is 29.7 Å². The van der Waals surface area contributed by atoms with Crippen molar-refractivity contribution in [1.82, 2.24) is 61.8 Å². The van der Waals surface area contributed by atoms with E-state index in [1.807, 2.05) is 0 Å². The summed E-state index contributed by atoms with van der Waals surface area (Å²) in [6.07, 6.45) is -25.1. The normalized spacial score (nSPS) is 24.0. The predicted molar refractivity (Wildman–Crippen MR) is 327 cm³/mol. The second kappa shape index (κ2) is 34.5. The van der Waals surface area contributed by atoms with Gasteiger partial charge in [-0.05, 0) is 20.8 Å². The van der Waals surface area contributed by atoms with Crippen molar-refractivity contribution in [2.24, 2.45) is 34.6 Å². The van der Waals surface area contributed by atoms with Crippen LogP contribution in [-0.4, -0.2) is 255 Å². The monoisotopic (exact) mass is 1380 g/mol. The number of imidazole rings is 1. The van der Waals surface area contributed by atoms with Crippen LogP contribution in [0.2, 0.25) is 0 Å². The Bertz CT molecular complexity index is 3310. The van der Waals surface area contributed by atoms with E-state index in [1.165, 1.54) is 50.4 Å². The Balaban J connectivity index is 1.27. The number of nitrogen functional groups attached to an aromatic ring is 1. The first kappa shape index (κ1) is 75.8. The molecule has 0 spiro atoms. The van der Waals surface area contributed by atoms with E-state index >= 15 is 4.79 Å². The number of carbonyl (C=O) groups is 8. The van der Waals surface area contributed by atoms with Gasteiger partial charge in [-0.1, -0.05) is 6.92 Å². The van der Waals surface area contributed by atoms with Crippen molar-refractivity contribution in [3.05, 3.63) is 56.8 Å². The van der Waals surface area contributed by atoms with Gasteiger partial charge in [0.2, 0.25) is 29.5 Å². The largest absolute Gasteiger partial charge is 0.441 e. The van der Waals surface area contributed by atoms with Gasteiger partial charge < -0.3 is 136 Å². The maximum Gasteiger partial charge on any atom is 0.404 e. The van der Waals surface area contributed by atoms with Crippen LogP contribution in [0.5, 0.6) is 0 Å². The highest BCUT2D eigenvalue weighted by atomic mass is 32.1. The average Bonchev–Trinajstić information content (AvgIpc) is 1.31. The van der Waals surface area contributed by atoms with Crippen LogP contribution >= 0.6 is 22.7 Å². The number of carbonyl (C=O) groups excluding carboxylic acids is 8. The first-order chi connectivity index (χ1) is 44.8. The fourth-order valence-electron chi connectivity index (χ4n) is 9.55. The number of hydrogen-bond acceptors (Lipinski definition) is 32. The van der Waals surface area contributed by atoms with E-state index in [0.717, 1.165) is 12.5 Å². The fraction of sp³-hybridized carbons (Fsp3) is 0.585. The molecule has 0 aromatic carbocycles. The van der Waals surface area contributed by atoms with E-state index in [0.29, 0.717) is 15.7 Å². The van der Waals surface area contributed by atoms with Crippen molar-refractivity contribution < 1.29 is 103 Å². The Morgan fingerprint density at radius 3 is 2.08 bits per heavy atom. The van der Waals surface area contributed by atoms with E-state index in [4.69, 9.17) is 63.5 Å². The molecule has 42 heteroatoms. The number of amides is 8. The lowest BCUT2D eigenvalue weighted by Gasteiger charge is -2.47. The van der Waals surface area contributed by atoms with Crippen LogP contribution in [0.4, 0.5) is 10.6 Å². The van der Waals surface area contributed by atoms with Crippen molar-refractivity contribution in [3.63, 3.8) is 0 Å². The minimum Gasteiger partial charge on any atom is -0.441 e. The van der Waals surface area contributed by atoms with Crippen molar-refractivity contribution in [1.29, 1.82) is 5.41 Å². The van der Waals surface area contributed by atoms with Gasteiger partial charge in [0.25, 0.3) is 11.8 Å². The van der Waals surface area contributed by atoms with Gasteiger partial charge in [-0.15, -0.1) is 22.7 Å². The third kappa shape index (κ3) is 20.0. The second-order valence-electron chi connectivity index (χ2n) is 22.1. The topological polar surface area (TPSA) is 677 Å². The van der Waals surface area contributed by atoms with Crippen molar-refractivity contribution in [3.8, 4) is 10.7 Å². The summed E-state index contributed by atoms with van der Waals surface area (Å²) >= 11 is 2.41. The Hall–Kier alpha value is -8.18. The summed E-state index contributed by atoms with van der Waals surface area (Å²) in [6, 6.07) is -7.89. The van der Waals surface area contributed by atoms with Crippen LogP contribution in [0, 0.1) is 18.3 Å². The number of nitrogens with one attached hydrogen (secondary N) is 8. The maximum absolute atomic E-state index is 15.2. The lowest BCUT2D eigenvalue weighted by molar-refractivity contribution is -0.372. The number of rotatable bonds is 34. The van der Waals surface area contributed by atoms with Gasteiger partial charge in [0, 0.05) is 55.2 Å². The van der Waals surface area contributed by atoms with Crippen LogP contribution in [0.1, 0.15) is 88.8 Å². The predicted octanol–water partition coefficient (Wildman–Crippen LogP) is -8.65. The van der Waals surface area contributed by atoms with E-state index in [2.05, 4.69) is 61.8 Å². The van der Waals surface area contributed by atoms with Crippen LogP contribution in [0.25, 0.3) is 10.7 Å². The molecule has 0 radical (unpaired) electrons. The number of aliphatic hydroxyl groups excluding tert-OH is 8. The number of nitrogens with zero attached hydrogens (tertiary/aromatic N) is 5. The molecule has 6 heterocycles. The number of thiazole rings is 2. The zero-order valence-electron chi connectivity index (χ0n) is 51.3. The highest BCUT2D eigenvalue weighted by molar-refractivity contribution is 7.14.